The maximum Gasteiger partial charge on any atom is 0.164 e. The zero-order valence-electron chi connectivity index (χ0n) is 18.4. The molecule has 0 amide bonds. The first-order valence-corrected chi connectivity index (χ1v) is 12.4. The second-order valence-electron chi connectivity index (χ2n) is 8.95. The summed E-state index contributed by atoms with van der Waals surface area (Å²) in [5.74, 6) is 2.66. The average Bonchev–Trinajstić information content (AvgIpc) is 3.22. The van der Waals surface area contributed by atoms with Crippen molar-refractivity contribution in [3.63, 3.8) is 0 Å². The zero-order chi connectivity index (χ0) is 21.5. The van der Waals surface area contributed by atoms with E-state index in [2.05, 4.69) is 58.1 Å². The maximum atomic E-state index is 5.15. The molecule has 1 atom stereocenters. The number of hydrogen-bond acceptors (Lipinski definition) is 6. The number of piperazine rings is 1. The number of fused-ring (bicyclic) bond motifs is 3. The first kappa shape index (κ1) is 19.7. The van der Waals surface area contributed by atoms with E-state index in [0.717, 1.165) is 60.6 Å². The van der Waals surface area contributed by atoms with Gasteiger partial charge in [-0.15, -0.1) is 11.3 Å². The van der Waals surface area contributed by atoms with E-state index in [9.17, 15) is 0 Å². The molecule has 1 fully saturated rings. The minimum atomic E-state index is 0.749. The van der Waals surface area contributed by atoms with Gasteiger partial charge in [-0.3, -0.25) is 4.98 Å². The molecule has 1 aliphatic heterocycles. The SMILES string of the molecule is C[C@@H]1CCc2c(sc3nc(-c4cccnc4)nc(N4CCN(c5ccccc5)CC4)c23)C1. The molecule has 0 N–H and O–H groups in total. The van der Waals surface area contributed by atoms with Crippen molar-refractivity contribution in [3.05, 3.63) is 65.3 Å². The standard InChI is InChI=1S/C26H27N5S/c1-18-9-10-21-22(16-18)32-26-23(21)25(28-24(29-26)19-6-5-11-27-17-19)31-14-12-30(13-15-31)20-7-3-2-4-8-20/h2-8,11,17-18H,9-10,12-16H2,1H3/t18-/m1/s1. The summed E-state index contributed by atoms with van der Waals surface area (Å²) < 4.78 is 0. The van der Waals surface area contributed by atoms with Crippen LogP contribution in [0.2, 0.25) is 0 Å². The summed E-state index contributed by atoms with van der Waals surface area (Å²) in [6.07, 6.45) is 7.23. The number of aryl methyl sites for hydroxylation is 1. The van der Waals surface area contributed by atoms with Crippen molar-refractivity contribution >= 4 is 33.1 Å². The third kappa shape index (κ3) is 3.52. The van der Waals surface area contributed by atoms with Gasteiger partial charge in [0.2, 0.25) is 0 Å². The van der Waals surface area contributed by atoms with E-state index < -0.39 is 0 Å². The van der Waals surface area contributed by atoms with E-state index in [1.807, 2.05) is 23.6 Å². The van der Waals surface area contributed by atoms with Crippen molar-refractivity contribution in [2.24, 2.45) is 5.92 Å². The highest BCUT2D eigenvalue weighted by Crippen LogP contribution is 2.42. The van der Waals surface area contributed by atoms with Gasteiger partial charge in [0.05, 0.1) is 5.39 Å². The molecular weight excluding hydrogens is 414 g/mol. The highest BCUT2D eigenvalue weighted by Gasteiger charge is 2.28. The van der Waals surface area contributed by atoms with Gasteiger partial charge in [0.15, 0.2) is 5.82 Å². The van der Waals surface area contributed by atoms with Crippen molar-refractivity contribution in [3.8, 4) is 11.4 Å². The molecule has 2 aliphatic rings. The molecule has 5 nitrogen and oxygen atoms in total. The summed E-state index contributed by atoms with van der Waals surface area (Å²) in [4.78, 5) is 22.1. The lowest BCUT2D eigenvalue weighted by Gasteiger charge is -2.37. The van der Waals surface area contributed by atoms with Gasteiger partial charge in [-0.1, -0.05) is 25.1 Å². The van der Waals surface area contributed by atoms with Crippen molar-refractivity contribution in [2.75, 3.05) is 36.0 Å². The van der Waals surface area contributed by atoms with Gasteiger partial charge in [-0.25, -0.2) is 9.97 Å². The third-order valence-corrected chi connectivity index (χ3v) is 7.90. The van der Waals surface area contributed by atoms with Crippen LogP contribution in [0.3, 0.4) is 0 Å². The molecule has 6 rings (SSSR count). The third-order valence-electron chi connectivity index (χ3n) is 6.76. The number of rotatable bonds is 3. The predicted molar refractivity (Wildman–Crippen MR) is 133 cm³/mol. The van der Waals surface area contributed by atoms with Crippen molar-refractivity contribution in [1.29, 1.82) is 0 Å². The minimum Gasteiger partial charge on any atom is -0.368 e. The van der Waals surface area contributed by atoms with Crippen LogP contribution in [-0.4, -0.2) is 41.1 Å². The average molecular weight is 442 g/mol. The van der Waals surface area contributed by atoms with E-state index in [-0.39, 0.29) is 0 Å². The molecule has 4 aromatic rings. The first-order valence-electron chi connectivity index (χ1n) is 11.5. The molecule has 162 valence electrons. The van der Waals surface area contributed by atoms with Crippen LogP contribution in [0, 0.1) is 5.92 Å². The van der Waals surface area contributed by atoms with Gasteiger partial charge in [0.1, 0.15) is 10.6 Å². The Bertz CT molecular complexity index is 1230. The molecule has 3 aromatic heterocycles. The van der Waals surface area contributed by atoms with Gasteiger partial charge in [0.25, 0.3) is 0 Å². The van der Waals surface area contributed by atoms with Crippen molar-refractivity contribution < 1.29 is 0 Å². The number of thiophene rings is 1. The second kappa shape index (κ2) is 8.17. The Labute approximate surface area is 192 Å². The van der Waals surface area contributed by atoms with Crippen LogP contribution >= 0.6 is 11.3 Å². The highest BCUT2D eigenvalue weighted by atomic mass is 32.1. The Balaban J connectivity index is 1.41. The largest absolute Gasteiger partial charge is 0.368 e. The fourth-order valence-corrected chi connectivity index (χ4v) is 6.37. The summed E-state index contributed by atoms with van der Waals surface area (Å²) in [5.41, 5.74) is 3.79. The number of para-hydroxylation sites is 1. The molecule has 1 saturated heterocycles. The van der Waals surface area contributed by atoms with Crippen molar-refractivity contribution in [2.45, 2.75) is 26.2 Å². The monoisotopic (exact) mass is 441 g/mol. The predicted octanol–water partition coefficient (Wildman–Crippen LogP) is 5.20. The van der Waals surface area contributed by atoms with Gasteiger partial charge < -0.3 is 9.80 Å². The van der Waals surface area contributed by atoms with Crippen molar-refractivity contribution in [1.82, 2.24) is 15.0 Å². The molecule has 0 bridgehead atoms. The summed E-state index contributed by atoms with van der Waals surface area (Å²) in [7, 11) is 0. The number of hydrogen-bond donors (Lipinski definition) is 0. The van der Waals surface area contributed by atoms with Crippen LogP contribution in [0.5, 0.6) is 0 Å². The highest BCUT2D eigenvalue weighted by molar-refractivity contribution is 7.19. The molecule has 0 saturated carbocycles. The number of aromatic nitrogens is 3. The molecule has 1 aromatic carbocycles. The van der Waals surface area contributed by atoms with E-state index in [4.69, 9.17) is 9.97 Å². The summed E-state index contributed by atoms with van der Waals surface area (Å²) >= 11 is 1.88. The van der Waals surface area contributed by atoms with Gasteiger partial charge >= 0.3 is 0 Å². The van der Waals surface area contributed by atoms with Crippen LogP contribution in [0.15, 0.2) is 54.9 Å². The zero-order valence-corrected chi connectivity index (χ0v) is 19.2. The quantitative estimate of drug-likeness (QED) is 0.437. The molecule has 0 spiro atoms. The Kier molecular flexibility index (Phi) is 5.02. The lowest BCUT2D eigenvalue weighted by molar-refractivity contribution is 0.509. The van der Waals surface area contributed by atoms with Crippen LogP contribution in [0.1, 0.15) is 23.8 Å². The number of benzene rings is 1. The molecule has 0 unspecified atom stereocenters. The van der Waals surface area contributed by atoms with Crippen LogP contribution in [0.4, 0.5) is 11.5 Å². The molecule has 32 heavy (non-hydrogen) atoms. The van der Waals surface area contributed by atoms with E-state index in [1.165, 1.54) is 34.4 Å². The smallest absolute Gasteiger partial charge is 0.164 e. The minimum absolute atomic E-state index is 0.749. The lowest BCUT2D eigenvalue weighted by Crippen LogP contribution is -2.47. The molecule has 0 radical (unpaired) electrons. The summed E-state index contributed by atoms with van der Waals surface area (Å²) in [6.45, 7) is 6.30. The molecule has 4 heterocycles. The number of nitrogens with zero attached hydrogens (tertiary/aromatic N) is 5. The van der Waals surface area contributed by atoms with E-state index in [1.54, 1.807) is 6.20 Å². The Morgan fingerprint density at radius 1 is 0.938 bits per heavy atom. The Morgan fingerprint density at radius 2 is 1.75 bits per heavy atom. The lowest BCUT2D eigenvalue weighted by atomic mass is 9.89. The maximum absolute atomic E-state index is 5.15. The van der Waals surface area contributed by atoms with E-state index in [0.29, 0.717) is 0 Å². The van der Waals surface area contributed by atoms with Gasteiger partial charge in [-0.2, -0.15) is 0 Å². The number of pyridine rings is 1. The van der Waals surface area contributed by atoms with Gasteiger partial charge in [0, 0.05) is 54.7 Å². The van der Waals surface area contributed by atoms with Crippen LogP contribution in [-0.2, 0) is 12.8 Å². The fourth-order valence-electron chi connectivity index (χ4n) is 4.99. The molecular formula is C26H27N5S. The fraction of sp³-hybridized carbons (Fsp3) is 0.346. The molecule has 1 aliphatic carbocycles. The first-order chi connectivity index (χ1) is 15.8. The van der Waals surface area contributed by atoms with Crippen LogP contribution < -0.4 is 9.80 Å². The Morgan fingerprint density at radius 3 is 2.53 bits per heavy atom. The second-order valence-corrected chi connectivity index (χ2v) is 10.0. The summed E-state index contributed by atoms with van der Waals surface area (Å²) in [6, 6.07) is 14.7. The molecule has 6 heteroatoms. The van der Waals surface area contributed by atoms with E-state index >= 15 is 0 Å². The topological polar surface area (TPSA) is 45.2 Å². The Hall–Kier alpha value is -2.99. The summed E-state index contributed by atoms with van der Waals surface area (Å²) in [5, 5.41) is 1.30. The van der Waals surface area contributed by atoms with Gasteiger partial charge in [-0.05, 0) is 55.0 Å². The van der Waals surface area contributed by atoms with Crippen LogP contribution in [0.25, 0.3) is 21.6 Å². The normalized spacial score (nSPS) is 18.7. The number of anilines is 2.